The van der Waals surface area contributed by atoms with E-state index in [1.807, 2.05) is 39.0 Å². The van der Waals surface area contributed by atoms with Crippen molar-refractivity contribution >= 4 is 6.08 Å². The summed E-state index contributed by atoms with van der Waals surface area (Å²) >= 11 is 0. The van der Waals surface area contributed by atoms with E-state index in [9.17, 15) is 10.2 Å². The fourth-order valence-electron chi connectivity index (χ4n) is 2.36. The lowest BCUT2D eigenvalue weighted by molar-refractivity contribution is 0.199. The molecular weight excluding hydrogens is 288 g/mol. The monoisotopic (exact) mass is 316 g/mol. The standard InChI is InChI=1S/C20H28O3/c1-14(2)16(4)19(11-12-21)20(23)10-5-15(3)13-17-6-8-18(22)9-7-17/h6-9,11,13-14,20-23H,4-5,10,12H2,1-3H3/b15-13+,19-11-. The van der Waals surface area contributed by atoms with Crippen molar-refractivity contribution in [3.8, 4) is 5.75 Å². The Balaban J connectivity index is 2.69. The Labute approximate surface area is 139 Å². The third-order valence-corrected chi connectivity index (χ3v) is 3.86. The number of benzene rings is 1. The average molecular weight is 316 g/mol. The Bertz CT molecular complexity index is 565. The Morgan fingerprint density at radius 2 is 1.83 bits per heavy atom. The lowest BCUT2D eigenvalue weighted by atomic mass is 9.90. The number of hydrogen-bond donors (Lipinski definition) is 3. The van der Waals surface area contributed by atoms with E-state index < -0.39 is 6.10 Å². The van der Waals surface area contributed by atoms with Crippen LogP contribution in [-0.2, 0) is 0 Å². The first-order valence-electron chi connectivity index (χ1n) is 7.99. The molecule has 0 fully saturated rings. The summed E-state index contributed by atoms with van der Waals surface area (Å²) in [7, 11) is 0. The Morgan fingerprint density at radius 3 is 2.35 bits per heavy atom. The molecule has 0 heterocycles. The fraction of sp³-hybridized carbons (Fsp3) is 0.400. The van der Waals surface area contributed by atoms with Crippen molar-refractivity contribution < 1.29 is 15.3 Å². The molecule has 1 aromatic carbocycles. The van der Waals surface area contributed by atoms with Crippen molar-refractivity contribution in [3.05, 3.63) is 59.2 Å². The van der Waals surface area contributed by atoms with E-state index >= 15 is 0 Å². The van der Waals surface area contributed by atoms with Crippen molar-refractivity contribution in [1.82, 2.24) is 0 Å². The average Bonchev–Trinajstić information content (AvgIpc) is 2.51. The summed E-state index contributed by atoms with van der Waals surface area (Å²) in [6.07, 6.45) is 4.39. The molecule has 0 radical (unpaired) electrons. The first-order chi connectivity index (χ1) is 10.8. The predicted octanol–water partition coefficient (Wildman–Crippen LogP) is 4.07. The summed E-state index contributed by atoms with van der Waals surface area (Å²) in [5, 5.41) is 28.8. The van der Waals surface area contributed by atoms with Gasteiger partial charge in [0.2, 0.25) is 0 Å². The topological polar surface area (TPSA) is 60.7 Å². The van der Waals surface area contributed by atoms with Crippen molar-refractivity contribution in [1.29, 1.82) is 0 Å². The molecule has 0 saturated carbocycles. The summed E-state index contributed by atoms with van der Waals surface area (Å²) in [5.41, 5.74) is 3.77. The Morgan fingerprint density at radius 1 is 1.22 bits per heavy atom. The zero-order valence-corrected chi connectivity index (χ0v) is 14.3. The second-order valence-electron chi connectivity index (χ2n) is 6.16. The summed E-state index contributed by atoms with van der Waals surface area (Å²) in [6, 6.07) is 7.02. The number of aromatic hydroxyl groups is 1. The summed E-state index contributed by atoms with van der Waals surface area (Å²) in [6.45, 7) is 9.99. The number of phenolic OH excluding ortho intramolecular Hbond substituents is 1. The molecule has 126 valence electrons. The van der Waals surface area contributed by atoms with E-state index in [4.69, 9.17) is 5.11 Å². The molecule has 0 aliphatic heterocycles. The van der Waals surface area contributed by atoms with E-state index in [1.54, 1.807) is 18.2 Å². The van der Waals surface area contributed by atoms with Crippen LogP contribution < -0.4 is 0 Å². The minimum atomic E-state index is -0.625. The molecule has 3 N–H and O–H groups in total. The van der Waals surface area contributed by atoms with E-state index in [-0.39, 0.29) is 18.3 Å². The van der Waals surface area contributed by atoms with Crippen molar-refractivity contribution in [2.24, 2.45) is 5.92 Å². The molecule has 0 bridgehead atoms. The number of allylic oxidation sites excluding steroid dienone is 1. The lowest BCUT2D eigenvalue weighted by Crippen LogP contribution is -2.15. The summed E-state index contributed by atoms with van der Waals surface area (Å²) < 4.78 is 0. The number of hydrogen-bond acceptors (Lipinski definition) is 3. The van der Waals surface area contributed by atoms with Gasteiger partial charge in [0.1, 0.15) is 5.75 Å². The van der Waals surface area contributed by atoms with E-state index in [0.717, 1.165) is 28.7 Å². The molecule has 1 rings (SSSR count). The van der Waals surface area contributed by atoms with Crippen LogP contribution >= 0.6 is 0 Å². The first-order valence-corrected chi connectivity index (χ1v) is 7.99. The summed E-state index contributed by atoms with van der Waals surface area (Å²) in [5.74, 6) is 0.484. The van der Waals surface area contributed by atoms with Crippen LogP contribution in [0.2, 0.25) is 0 Å². The van der Waals surface area contributed by atoms with Gasteiger partial charge in [-0.05, 0) is 54.5 Å². The largest absolute Gasteiger partial charge is 0.508 e. The number of aliphatic hydroxyl groups is 2. The second-order valence-corrected chi connectivity index (χ2v) is 6.16. The third kappa shape index (κ3) is 6.43. The quantitative estimate of drug-likeness (QED) is 0.634. The van der Waals surface area contributed by atoms with Gasteiger partial charge in [0, 0.05) is 0 Å². The van der Waals surface area contributed by atoms with Crippen LogP contribution in [0.5, 0.6) is 5.75 Å². The smallest absolute Gasteiger partial charge is 0.115 e. The predicted molar refractivity (Wildman–Crippen MR) is 96.1 cm³/mol. The maximum Gasteiger partial charge on any atom is 0.115 e. The highest BCUT2D eigenvalue weighted by atomic mass is 16.3. The number of aliphatic hydroxyl groups excluding tert-OH is 2. The highest BCUT2D eigenvalue weighted by Gasteiger charge is 2.15. The fourth-order valence-corrected chi connectivity index (χ4v) is 2.36. The van der Waals surface area contributed by atoms with Crippen molar-refractivity contribution in [2.75, 3.05) is 6.61 Å². The molecule has 0 aliphatic carbocycles. The molecular formula is C20H28O3. The number of rotatable bonds is 8. The molecule has 3 nitrogen and oxygen atoms in total. The van der Waals surface area contributed by atoms with E-state index in [0.29, 0.717) is 6.42 Å². The van der Waals surface area contributed by atoms with Crippen LogP contribution in [0, 0.1) is 5.92 Å². The van der Waals surface area contributed by atoms with Crippen LogP contribution in [0.3, 0.4) is 0 Å². The maximum absolute atomic E-state index is 10.4. The van der Waals surface area contributed by atoms with Crippen LogP contribution in [0.15, 0.2) is 53.6 Å². The minimum absolute atomic E-state index is 0.0968. The van der Waals surface area contributed by atoms with Gasteiger partial charge < -0.3 is 15.3 Å². The molecule has 0 aliphatic rings. The van der Waals surface area contributed by atoms with Gasteiger partial charge >= 0.3 is 0 Å². The first kappa shape index (κ1) is 19.2. The van der Waals surface area contributed by atoms with Gasteiger partial charge in [0.25, 0.3) is 0 Å². The van der Waals surface area contributed by atoms with Crippen molar-refractivity contribution in [3.63, 3.8) is 0 Å². The van der Waals surface area contributed by atoms with Crippen LogP contribution in [0.25, 0.3) is 6.08 Å². The SMILES string of the molecule is C=C(/C(=C/CO)C(O)CC/C(C)=C/c1ccc(O)cc1)C(C)C. The van der Waals surface area contributed by atoms with Crippen LogP contribution in [0.4, 0.5) is 0 Å². The molecule has 1 aromatic rings. The van der Waals surface area contributed by atoms with Gasteiger partial charge in [-0.2, -0.15) is 0 Å². The third-order valence-electron chi connectivity index (χ3n) is 3.86. The van der Waals surface area contributed by atoms with Gasteiger partial charge in [-0.1, -0.05) is 50.3 Å². The molecule has 1 atom stereocenters. The Kier molecular flexibility index (Phi) is 7.79. The maximum atomic E-state index is 10.4. The Hall–Kier alpha value is -1.84. The molecule has 1 unspecified atom stereocenters. The van der Waals surface area contributed by atoms with Gasteiger partial charge in [-0.3, -0.25) is 0 Å². The van der Waals surface area contributed by atoms with Gasteiger partial charge in [0.05, 0.1) is 12.7 Å². The normalized spacial score (nSPS) is 14.2. The molecule has 0 aromatic heterocycles. The van der Waals surface area contributed by atoms with Gasteiger partial charge in [-0.15, -0.1) is 0 Å². The van der Waals surface area contributed by atoms with E-state index in [2.05, 4.69) is 6.58 Å². The lowest BCUT2D eigenvalue weighted by Gasteiger charge is -2.20. The number of phenols is 1. The van der Waals surface area contributed by atoms with E-state index in [1.165, 1.54) is 0 Å². The highest BCUT2D eigenvalue weighted by Crippen LogP contribution is 2.24. The zero-order chi connectivity index (χ0) is 17.4. The van der Waals surface area contributed by atoms with Gasteiger partial charge in [0.15, 0.2) is 0 Å². The second kappa shape index (κ2) is 9.33. The molecule has 3 heteroatoms. The molecule has 0 saturated heterocycles. The molecule has 23 heavy (non-hydrogen) atoms. The zero-order valence-electron chi connectivity index (χ0n) is 14.3. The van der Waals surface area contributed by atoms with Crippen LogP contribution in [0.1, 0.15) is 39.2 Å². The van der Waals surface area contributed by atoms with Crippen molar-refractivity contribution in [2.45, 2.75) is 39.7 Å². The van der Waals surface area contributed by atoms with Crippen LogP contribution in [-0.4, -0.2) is 28.0 Å². The highest BCUT2D eigenvalue weighted by molar-refractivity contribution is 5.53. The molecule has 0 spiro atoms. The van der Waals surface area contributed by atoms with Gasteiger partial charge in [-0.25, -0.2) is 0 Å². The molecule has 0 amide bonds. The minimum Gasteiger partial charge on any atom is -0.508 e. The summed E-state index contributed by atoms with van der Waals surface area (Å²) in [4.78, 5) is 0.